The van der Waals surface area contributed by atoms with Crippen molar-refractivity contribution >= 4 is 0 Å². The summed E-state index contributed by atoms with van der Waals surface area (Å²) in [6.07, 6.45) is 0. The van der Waals surface area contributed by atoms with E-state index < -0.39 is 0 Å². The summed E-state index contributed by atoms with van der Waals surface area (Å²) in [7, 11) is 3.69. The van der Waals surface area contributed by atoms with Crippen LogP contribution in [0.3, 0.4) is 0 Å². The zero-order chi connectivity index (χ0) is 16.1. The van der Waals surface area contributed by atoms with Crippen LogP contribution in [0, 0.1) is 0 Å². The fraction of sp³-hybridized carbons (Fsp3) is 0.222. The van der Waals surface area contributed by atoms with Gasteiger partial charge in [-0.05, 0) is 36.9 Å². The summed E-state index contributed by atoms with van der Waals surface area (Å²) < 4.78 is 11.0. The van der Waals surface area contributed by atoms with Crippen LogP contribution in [-0.2, 0) is 13.1 Å². The number of nitrogens with zero attached hydrogens (tertiary/aromatic N) is 3. The Morgan fingerprint density at radius 1 is 1.00 bits per heavy atom. The summed E-state index contributed by atoms with van der Waals surface area (Å²) in [5.74, 6) is 2.02. The van der Waals surface area contributed by atoms with E-state index in [9.17, 15) is 0 Å². The highest BCUT2D eigenvalue weighted by molar-refractivity contribution is 5.51. The number of hydrogen-bond donors (Lipinski definition) is 0. The molecule has 0 saturated heterocycles. The van der Waals surface area contributed by atoms with Crippen molar-refractivity contribution in [2.24, 2.45) is 0 Å². The molecule has 3 aromatic rings. The molecule has 0 aliphatic carbocycles. The number of benzene rings is 2. The van der Waals surface area contributed by atoms with Gasteiger partial charge < -0.3 is 9.15 Å². The lowest BCUT2D eigenvalue weighted by molar-refractivity contribution is 0.282. The number of rotatable bonds is 6. The Bertz CT molecular complexity index is 756. The topological polar surface area (TPSA) is 51.4 Å². The van der Waals surface area contributed by atoms with Crippen LogP contribution in [0.4, 0.5) is 0 Å². The third-order valence-electron chi connectivity index (χ3n) is 3.48. The summed E-state index contributed by atoms with van der Waals surface area (Å²) in [6.45, 7) is 1.37. The van der Waals surface area contributed by atoms with Crippen molar-refractivity contribution in [3.63, 3.8) is 0 Å². The predicted octanol–water partition coefficient (Wildman–Crippen LogP) is 3.38. The molecule has 0 saturated carbocycles. The van der Waals surface area contributed by atoms with Crippen LogP contribution in [0.5, 0.6) is 5.75 Å². The van der Waals surface area contributed by atoms with E-state index in [1.165, 1.54) is 5.56 Å². The van der Waals surface area contributed by atoms with Gasteiger partial charge in [0.15, 0.2) is 0 Å². The van der Waals surface area contributed by atoms with Gasteiger partial charge in [-0.25, -0.2) is 0 Å². The highest BCUT2D eigenvalue weighted by Gasteiger charge is 2.11. The van der Waals surface area contributed by atoms with Crippen molar-refractivity contribution in [2.75, 3.05) is 14.2 Å². The molecule has 0 atom stereocenters. The minimum atomic E-state index is 0.551. The quantitative estimate of drug-likeness (QED) is 0.698. The van der Waals surface area contributed by atoms with Crippen molar-refractivity contribution in [1.29, 1.82) is 0 Å². The van der Waals surface area contributed by atoms with E-state index in [4.69, 9.17) is 9.15 Å². The highest BCUT2D eigenvalue weighted by Crippen LogP contribution is 2.18. The maximum atomic E-state index is 5.73. The molecule has 1 heterocycles. The molecule has 118 valence electrons. The van der Waals surface area contributed by atoms with E-state index in [1.54, 1.807) is 7.11 Å². The van der Waals surface area contributed by atoms with E-state index in [1.807, 2.05) is 55.6 Å². The first-order chi connectivity index (χ1) is 11.2. The molecule has 2 aromatic carbocycles. The fourth-order valence-corrected chi connectivity index (χ4v) is 2.38. The first-order valence-corrected chi connectivity index (χ1v) is 7.44. The Morgan fingerprint density at radius 3 is 2.61 bits per heavy atom. The Balaban J connectivity index is 1.64. The Kier molecular flexibility index (Phi) is 4.68. The summed E-state index contributed by atoms with van der Waals surface area (Å²) in [6, 6.07) is 17.8. The normalized spacial score (nSPS) is 10.9. The second-order valence-electron chi connectivity index (χ2n) is 5.39. The van der Waals surface area contributed by atoms with Crippen molar-refractivity contribution in [1.82, 2.24) is 15.1 Å². The third kappa shape index (κ3) is 3.96. The molecule has 5 heteroatoms. The molecule has 23 heavy (non-hydrogen) atoms. The predicted molar refractivity (Wildman–Crippen MR) is 87.9 cm³/mol. The molecule has 0 fully saturated rings. The molecule has 5 nitrogen and oxygen atoms in total. The summed E-state index contributed by atoms with van der Waals surface area (Å²) in [5, 5.41) is 8.24. The third-order valence-corrected chi connectivity index (χ3v) is 3.48. The van der Waals surface area contributed by atoms with Crippen LogP contribution in [-0.4, -0.2) is 29.3 Å². The lowest BCUT2D eigenvalue weighted by Gasteiger charge is -2.14. The first-order valence-electron chi connectivity index (χ1n) is 7.44. The van der Waals surface area contributed by atoms with E-state index >= 15 is 0 Å². The molecule has 0 radical (unpaired) electrons. The molecule has 0 bridgehead atoms. The average Bonchev–Trinajstić information content (AvgIpc) is 3.04. The molecular weight excluding hydrogens is 290 g/mol. The second kappa shape index (κ2) is 7.07. The van der Waals surface area contributed by atoms with Crippen LogP contribution in [0.1, 0.15) is 11.5 Å². The SMILES string of the molecule is COc1cccc(CN(C)Cc2nnc(-c3ccccc3)o2)c1. The highest BCUT2D eigenvalue weighted by atomic mass is 16.5. The minimum Gasteiger partial charge on any atom is -0.497 e. The summed E-state index contributed by atoms with van der Waals surface area (Å²) in [4.78, 5) is 2.12. The van der Waals surface area contributed by atoms with Crippen LogP contribution >= 0.6 is 0 Å². The van der Waals surface area contributed by atoms with Gasteiger partial charge in [0, 0.05) is 12.1 Å². The smallest absolute Gasteiger partial charge is 0.247 e. The van der Waals surface area contributed by atoms with E-state index in [2.05, 4.69) is 21.2 Å². The van der Waals surface area contributed by atoms with Gasteiger partial charge in [-0.1, -0.05) is 30.3 Å². The van der Waals surface area contributed by atoms with Gasteiger partial charge in [0.05, 0.1) is 13.7 Å². The second-order valence-corrected chi connectivity index (χ2v) is 5.39. The van der Waals surface area contributed by atoms with Gasteiger partial charge in [0.25, 0.3) is 0 Å². The molecule has 0 aliphatic rings. The van der Waals surface area contributed by atoms with Gasteiger partial charge in [0.1, 0.15) is 5.75 Å². The Labute approximate surface area is 135 Å². The molecule has 0 aliphatic heterocycles. The molecular formula is C18H19N3O2. The average molecular weight is 309 g/mol. The fourth-order valence-electron chi connectivity index (χ4n) is 2.38. The van der Waals surface area contributed by atoms with Crippen molar-refractivity contribution in [2.45, 2.75) is 13.1 Å². The Morgan fingerprint density at radius 2 is 1.83 bits per heavy atom. The van der Waals surface area contributed by atoms with E-state index in [0.717, 1.165) is 17.9 Å². The lowest BCUT2D eigenvalue weighted by atomic mass is 10.2. The van der Waals surface area contributed by atoms with Crippen LogP contribution in [0.2, 0.25) is 0 Å². The maximum Gasteiger partial charge on any atom is 0.247 e. The van der Waals surface area contributed by atoms with Gasteiger partial charge in [-0.2, -0.15) is 0 Å². The number of methoxy groups -OCH3 is 1. The van der Waals surface area contributed by atoms with Gasteiger partial charge >= 0.3 is 0 Å². The molecule has 1 aromatic heterocycles. The molecule has 0 unspecified atom stereocenters. The van der Waals surface area contributed by atoms with E-state index in [-0.39, 0.29) is 0 Å². The molecule has 0 spiro atoms. The van der Waals surface area contributed by atoms with Gasteiger partial charge in [-0.3, -0.25) is 4.90 Å². The number of hydrogen-bond acceptors (Lipinski definition) is 5. The van der Waals surface area contributed by atoms with E-state index in [0.29, 0.717) is 18.3 Å². The van der Waals surface area contributed by atoms with Crippen molar-refractivity contribution < 1.29 is 9.15 Å². The van der Waals surface area contributed by atoms with Crippen LogP contribution in [0.25, 0.3) is 11.5 Å². The lowest BCUT2D eigenvalue weighted by Crippen LogP contribution is -2.17. The zero-order valence-corrected chi connectivity index (χ0v) is 13.3. The number of ether oxygens (including phenoxy) is 1. The van der Waals surface area contributed by atoms with Crippen LogP contribution < -0.4 is 4.74 Å². The zero-order valence-electron chi connectivity index (χ0n) is 13.3. The van der Waals surface area contributed by atoms with Gasteiger partial charge in [0.2, 0.25) is 11.8 Å². The van der Waals surface area contributed by atoms with Gasteiger partial charge in [-0.15, -0.1) is 10.2 Å². The van der Waals surface area contributed by atoms with Crippen molar-refractivity contribution in [3.05, 3.63) is 66.1 Å². The number of aromatic nitrogens is 2. The van der Waals surface area contributed by atoms with Crippen molar-refractivity contribution in [3.8, 4) is 17.2 Å². The Hall–Kier alpha value is -2.66. The molecule has 3 rings (SSSR count). The van der Waals surface area contributed by atoms with Crippen LogP contribution in [0.15, 0.2) is 59.0 Å². The molecule has 0 N–H and O–H groups in total. The first kappa shape index (κ1) is 15.2. The minimum absolute atomic E-state index is 0.551. The monoisotopic (exact) mass is 309 g/mol. The summed E-state index contributed by atoms with van der Waals surface area (Å²) >= 11 is 0. The maximum absolute atomic E-state index is 5.73. The summed E-state index contributed by atoms with van der Waals surface area (Å²) in [5.41, 5.74) is 2.11. The molecule has 0 amide bonds. The standard InChI is InChI=1S/C18H19N3O2/c1-21(12-14-7-6-10-16(11-14)22-2)13-17-19-20-18(23-17)15-8-4-3-5-9-15/h3-11H,12-13H2,1-2H3. The largest absolute Gasteiger partial charge is 0.497 e.